The number of nitriles is 2. The maximum Gasteiger partial charge on any atom is 0.254 e. The van der Waals surface area contributed by atoms with Crippen molar-refractivity contribution in [1.82, 2.24) is 15.5 Å². The van der Waals surface area contributed by atoms with E-state index in [2.05, 4.69) is 22.8 Å². The van der Waals surface area contributed by atoms with Gasteiger partial charge in [0.1, 0.15) is 12.1 Å². The highest BCUT2D eigenvalue weighted by atomic mass is 16.5. The average Bonchev–Trinajstić information content (AvgIpc) is 3.17. The zero-order chi connectivity index (χ0) is 23.4. The van der Waals surface area contributed by atoms with Gasteiger partial charge in [-0.3, -0.25) is 9.59 Å². The Bertz CT molecular complexity index is 1160. The van der Waals surface area contributed by atoms with Crippen molar-refractivity contribution in [3.8, 4) is 23.3 Å². The van der Waals surface area contributed by atoms with Crippen LogP contribution in [0.1, 0.15) is 33.5 Å². The van der Waals surface area contributed by atoms with Crippen molar-refractivity contribution in [1.29, 1.82) is 10.5 Å². The first-order chi connectivity index (χ1) is 16.0. The van der Waals surface area contributed by atoms with Crippen LogP contribution in [-0.4, -0.2) is 55.6 Å². The summed E-state index contributed by atoms with van der Waals surface area (Å²) < 4.78 is 5.57. The number of ether oxygens (including phenoxy) is 1. The second-order valence-corrected chi connectivity index (χ2v) is 8.34. The van der Waals surface area contributed by atoms with Crippen molar-refractivity contribution in [2.45, 2.75) is 31.5 Å². The summed E-state index contributed by atoms with van der Waals surface area (Å²) >= 11 is 0. The first kappa shape index (κ1) is 22.5. The van der Waals surface area contributed by atoms with Gasteiger partial charge in [-0.1, -0.05) is 18.2 Å². The van der Waals surface area contributed by atoms with Crippen molar-refractivity contribution in [2.24, 2.45) is 0 Å². The number of benzene rings is 2. The fourth-order valence-corrected chi connectivity index (χ4v) is 4.23. The Hall–Kier alpha value is -3.72. The van der Waals surface area contributed by atoms with Gasteiger partial charge in [-0.25, -0.2) is 0 Å². The van der Waals surface area contributed by atoms with Crippen LogP contribution >= 0.6 is 0 Å². The van der Waals surface area contributed by atoms with E-state index in [1.54, 1.807) is 24.1 Å². The molecule has 2 aliphatic heterocycles. The van der Waals surface area contributed by atoms with Gasteiger partial charge in [-0.2, -0.15) is 10.5 Å². The molecule has 2 aromatic rings. The summed E-state index contributed by atoms with van der Waals surface area (Å²) in [5.74, 6) is -0.444. The van der Waals surface area contributed by atoms with Gasteiger partial charge in [0.05, 0.1) is 17.7 Å². The zero-order valence-corrected chi connectivity index (χ0v) is 18.4. The lowest BCUT2D eigenvalue weighted by atomic mass is 9.92. The van der Waals surface area contributed by atoms with Gasteiger partial charge in [0.15, 0.2) is 0 Å². The highest BCUT2D eigenvalue weighted by Crippen LogP contribution is 2.33. The fraction of sp³-hybridized carbons (Fsp3) is 0.360. The van der Waals surface area contributed by atoms with Gasteiger partial charge >= 0.3 is 0 Å². The summed E-state index contributed by atoms with van der Waals surface area (Å²) in [6.45, 7) is 2.11. The van der Waals surface area contributed by atoms with Crippen LogP contribution in [0.3, 0.4) is 0 Å². The van der Waals surface area contributed by atoms with Crippen molar-refractivity contribution >= 4 is 11.8 Å². The number of nitrogens with zero attached hydrogens (tertiary/aromatic N) is 3. The Labute approximate surface area is 192 Å². The molecule has 2 N–H and O–H groups in total. The standard InChI is InChI=1S/C25H25N5O3/c1-30-15-18-9-17(12-26)4-5-20(18)21-6-3-16(11-22(21)25(30)32)10-19(13-27)29-24(31)23-14-28-7-2-8-33-23/h3-6,9,11,19,23,28H,2,7-8,10,14-15H2,1H3,(H,29,31)/t19?,23-/m0/s1. The highest BCUT2D eigenvalue weighted by Gasteiger charge is 2.26. The number of hydrogen-bond donors (Lipinski definition) is 2. The third kappa shape index (κ3) is 4.88. The van der Waals surface area contributed by atoms with E-state index in [9.17, 15) is 20.1 Å². The van der Waals surface area contributed by atoms with Crippen LogP contribution in [0.15, 0.2) is 36.4 Å². The van der Waals surface area contributed by atoms with Crippen LogP contribution < -0.4 is 10.6 Å². The summed E-state index contributed by atoms with van der Waals surface area (Å²) in [7, 11) is 1.73. The molecular formula is C25H25N5O3. The zero-order valence-electron chi connectivity index (χ0n) is 18.4. The average molecular weight is 444 g/mol. The highest BCUT2D eigenvalue weighted by molar-refractivity contribution is 6.02. The van der Waals surface area contributed by atoms with Crippen LogP contribution in [0.25, 0.3) is 11.1 Å². The van der Waals surface area contributed by atoms with Crippen molar-refractivity contribution in [3.05, 3.63) is 58.7 Å². The van der Waals surface area contributed by atoms with Gasteiger partial charge in [0.25, 0.3) is 11.8 Å². The van der Waals surface area contributed by atoms with E-state index in [4.69, 9.17) is 4.74 Å². The molecule has 1 fully saturated rings. The molecule has 2 atom stereocenters. The second kappa shape index (κ2) is 9.83. The third-order valence-electron chi connectivity index (χ3n) is 5.94. The molecule has 168 valence electrons. The van der Waals surface area contributed by atoms with Crippen LogP contribution in [0, 0.1) is 22.7 Å². The van der Waals surface area contributed by atoms with Crippen molar-refractivity contribution in [2.75, 3.05) is 26.7 Å². The third-order valence-corrected chi connectivity index (χ3v) is 5.94. The van der Waals surface area contributed by atoms with Gasteiger partial charge in [-0.15, -0.1) is 0 Å². The lowest BCUT2D eigenvalue weighted by Crippen LogP contribution is -2.46. The first-order valence-electron chi connectivity index (χ1n) is 10.9. The minimum atomic E-state index is -0.744. The van der Waals surface area contributed by atoms with E-state index in [1.807, 2.05) is 24.3 Å². The molecule has 2 aliphatic rings. The normalized spacial score (nSPS) is 18.6. The second-order valence-electron chi connectivity index (χ2n) is 8.34. The van der Waals surface area contributed by atoms with Crippen LogP contribution in [0.2, 0.25) is 0 Å². The molecule has 1 saturated heterocycles. The smallest absolute Gasteiger partial charge is 0.254 e. The Balaban J connectivity index is 1.57. The SMILES string of the molecule is CN1Cc2cc(C#N)ccc2-c2ccc(CC(C#N)NC(=O)[C@@H]3CNCCCO3)cc2C1=O. The Morgan fingerprint density at radius 1 is 1.24 bits per heavy atom. The van der Waals surface area contributed by atoms with E-state index in [-0.39, 0.29) is 18.2 Å². The molecular weight excluding hydrogens is 418 g/mol. The molecule has 4 rings (SSSR count). The predicted octanol–water partition coefficient (Wildman–Crippen LogP) is 1.74. The lowest BCUT2D eigenvalue weighted by Gasteiger charge is -2.19. The van der Waals surface area contributed by atoms with Gasteiger partial charge < -0.3 is 20.3 Å². The number of rotatable bonds is 4. The van der Waals surface area contributed by atoms with Crippen LogP contribution in [0.5, 0.6) is 0 Å². The molecule has 33 heavy (non-hydrogen) atoms. The van der Waals surface area contributed by atoms with Gasteiger partial charge in [-0.05, 0) is 53.4 Å². The molecule has 8 heteroatoms. The van der Waals surface area contributed by atoms with Crippen LogP contribution in [-0.2, 0) is 22.5 Å². The topological polar surface area (TPSA) is 118 Å². The molecule has 1 unspecified atom stereocenters. The molecule has 0 spiro atoms. The van der Waals surface area contributed by atoms with Crippen molar-refractivity contribution in [3.63, 3.8) is 0 Å². The number of amides is 2. The number of nitrogens with one attached hydrogen (secondary N) is 2. The lowest BCUT2D eigenvalue weighted by molar-refractivity contribution is -0.132. The number of carbonyl (C=O) groups is 2. The fourth-order valence-electron chi connectivity index (χ4n) is 4.23. The van der Waals surface area contributed by atoms with E-state index in [0.717, 1.165) is 35.2 Å². The summed E-state index contributed by atoms with van der Waals surface area (Å²) in [6.07, 6.45) is 0.483. The van der Waals surface area contributed by atoms with Crippen LogP contribution in [0.4, 0.5) is 0 Å². The number of fused-ring (bicyclic) bond motifs is 3. The minimum absolute atomic E-state index is 0.128. The van der Waals surface area contributed by atoms with E-state index >= 15 is 0 Å². The molecule has 2 heterocycles. The molecule has 0 aliphatic carbocycles. The first-order valence-corrected chi connectivity index (χ1v) is 10.9. The van der Waals surface area contributed by atoms with E-state index in [1.165, 1.54) is 0 Å². The Morgan fingerprint density at radius 2 is 2.06 bits per heavy atom. The summed E-state index contributed by atoms with van der Waals surface area (Å²) in [6, 6.07) is 14.5. The Kier molecular flexibility index (Phi) is 6.69. The number of carbonyl (C=O) groups excluding carboxylic acids is 2. The Morgan fingerprint density at radius 3 is 2.85 bits per heavy atom. The molecule has 0 bridgehead atoms. The van der Waals surface area contributed by atoms with Gasteiger partial charge in [0.2, 0.25) is 0 Å². The maximum atomic E-state index is 13.1. The quantitative estimate of drug-likeness (QED) is 0.743. The predicted molar refractivity (Wildman–Crippen MR) is 121 cm³/mol. The number of hydrogen-bond acceptors (Lipinski definition) is 6. The molecule has 0 saturated carbocycles. The largest absolute Gasteiger partial charge is 0.367 e. The van der Waals surface area contributed by atoms with Crippen molar-refractivity contribution < 1.29 is 14.3 Å². The van der Waals surface area contributed by atoms with Gasteiger partial charge in [0, 0.05) is 38.7 Å². The molecule has 2 aromatic carbocycles. The summed E-state index contributed by atoms with van der Waals surface area (Å²) in [5.41, 5.74) is 4.49. The minimum Gasteiger partial charge on any atom is -0.367 e. The summed E-state index contributed by atoms with van der Waals surface area (Å²) in [4.78, 5) is 27.3. The molecule has 2 amide bonds. The summed E-state index contributed by atoms with van der Waals surface area (Å²) in [5, 5.41) is 24.8. The van der Waals surface area contributed by atoms with E-state index in [0.29, 0.717) is 30.8 Å². The maximum absolute atomic E-state index is 13.1. The molecule has 0 radical (unpaired) electrons. The molecule has 8 nitrogen and oxygen atoms in total. The monoisotopic (exact) mass is 443 g/mol. The molecule has 0 aromatic heterocycles. The van der Waals surface area contributed by atoms with E-state index < -0.39 is 12.1 Å².